The fourth-order valence-corrected chi connectivity index (χ4v) is 0.948. The average molecular weight is 235 g/mol. The van der Waals surface area contributed by atoms with Crippen LogP contribution >= 0.6 is 0 Å². The van der Waals surface area contributed by atoms with Crippen LogP contribution in [0.15, 0.2) is 18.7 Å². The smallest absolute Gasteiger partial charge is 0.243 e. The first-order valence-electron chi connectivity index (χ1n) is 3.91. The van der Waals surface area contributed by atoms with Gasteiger partial charge in [0.25, 0.3) is 0 Å². The number of ether oxygens (including phenoxy) is 1. The molecule has 1 heterocycles. The van der Waals surface area contributed by atoms with Crippen LogP contribution in [0, 0.1) is 0 Å². The second kappa shape index (κ2) is 6.20. The SMILES string of the molecule is CCOCCn1cc[n+](C)c1.[Br-]. The molecule has 0 saturated carbocycles. The molecule has 0 radical (unpaired) electrons. The molecule has 0 saturated heterocycles. The molecule has 0 unspecified atom stereocenters. The Hall–Kier alpha value is -0.350. The van der Waals surface area contributed by atoms with Gasteiger partial charge in [-0.25, -0.2) is 9.13 Å². The highest BCUT2D eigenvalue weighted by atomic mass is 79.9. The second-order valence-corrected chi connectivity index (χ2v) is 2.51. The molecule has 70 valence electrons. The summed E-state index contributed by atoms with van der Waals surface area (Å²) in [7, 11) is 2.01. The Morgan fingerprint density at radius 2 is 2.25 bits per heavy atom. The van der Waals surface area contributed by atoms with E-state index in [4.69, 9.17) is 4.74 Å². The largest absolute Gasteiger partial charge is 1.00 e. The summed E-state index contributed by atoms with van der Waals surface area (Å²) in [6.45, 7) is 4.54. The molecule has 0 amide bonds. The van der Waals surface area contributed by atoms with E-state index in [0.29, 0.717) is 0 Å². The van der Waals surface area contributed by atoms with Gasteiger partial charge in [0.1, 0.15) is 18.9 Å². The molecule has 0 aliphatic heterocycles. The van der Waals surface area contributed by atoms with Gasteiger partial charge in [0.2, 0.25) is 6.33 Å². The predicted molar refractivity (Wildman–Crippen MR) is 42.1 cm³/mol. The topological polar surface area (TPSA) is 18.0 Å². The lowest BCUT2D eigenvalue weighted by molar-refractivity contribution is -0.671. The van der Waals surface area contributed by atoms with Crippen LogP contribution in [-0.4, -0.2) is 17.8 Å². The number of halogens is 1. The summed E-state index contributed by atoms with van der Waals surface area (Å²) in [6, 6.07) is 0. The molecule has 4 heteroatoms. The molecule has 0 aliphatic rings. The number of rotatable bonds is 4. The molecule has 1 rings (SSSR count). The van der Waals surface area contributed by atoms with E-state index in [1.807, 2.05) is 37.3 Å². The minimum atomic E-state index is 0. The molecule has 0 aliphatic carbocycles. The van der Waals surface area contributed by atoms with E-state index in [2.05, 4.69) is 4.57 Å². The van der Waals surface area contributed by atoms with Crippen LogP contribution in [0.1, 0.15) is 6.92 Å². The summed E-state index contributed by atoms with van der Waals surface area (Å²) < 4.78 is 9.34. The molecule has 12 heavy (non-hydrogen) atoms. The monoisotopic (exact) mass is 234 g/mol. The van der Waals surface area contributed by atoms with Crippen molar-refractivity contribution in [3.63, 3.8) is 0 Å². The molecule has 0 N–H and O–H groups in total. The standard InChI is InChI=1S/C8H15N2O.BrH/c1-3-11-7-6-10-5-4-9(2)8-10;/h4-5,8H,3,6-7H2,1-2H3;1H/q+1;/p-1. The van der Waals surface area contributed by atoms with Crippen LogP contribution in [-0.2, 0) is 18.3 Å². The van der Waals surface area contributed by atoms with Gasteiger partial charge < -0.3 is 21.7 Å². The Balaban J connectivity index is 0.00000121. The van der Waals surface area contributed by atoms with E-state index in [0.717, 1.165) is 19.8 Å². The summed E-state index contributed by atoms with van der Waals surface area (Å²) in [5.41, 5.74) is 0. The maximum absolute atomic E-state index is 5.22. The number of aryl methyl sites for hydroxylation is 1. The zero-order chi connectivity index (χ0) is 8.10. The highest BCUT2D eigenvalue weighted by molar-refractivity contribution is 4.65. The third kappa shape index (κ3) is 3.88. The predicted octanol–water partition coefficient (Wildman–Crippen LogP) is -2.65. The van der Waals surface area contributed by atoms with E-state index in [1.165, 1.54) is 0 Å². The van der Waals surface area contributed by atoms with Gasteiger partial charge in [0.05, 0.1) is 13.7 Å². The molecule has 0 atom stereocenters. The van der Waals surface area contributed by atoms with Crippen molar-refractivity contribution in [1.29, 1.82) is 0 Å². The Labute approximate surface area is 83.7 Å². The lowest BCUT2D eigenvalue weighted by Crippen LogP contribution is -3.00. The Bertz CT molecular complexity index is 213. The molecule has 3 nitrogen and oxygen atoms in total. The first-order chi connectivity index (χ1) is 5.33. The van der Waals surface area contributed by atoms with Crippen molar-refractivity contribution < 1.29 is 26.3 Å². The van der Waals surface area contributed by atoms with Crippen LogP contribution in [0.4, 0.5) is 0 Å². The van der Waals surface area contributed by atoms with Gasteiger partial charge in [0, 0.05) is 6.61 Å². The molecule has 0 bridgehead atoms. The van der Waals surface area contributed by atoms with Crippen LogP contribution in [0.3, 0.4) is 0 Å². The van der Waals surface area contributed by atoms with Crippen LogP contribution < -0.4 is 21.5 Å². The normalized spacial score (nSPS) is 9.50. The van der Waals surface area contributed by atoms with E-state index >= 15 is 0 Å². The second-order valence-electron chi connectivity index (χ2n) is 2.51. The zero-order valence-electron chi connectivity index (χ0n) is 7.53. The lowest BCUT2D eigenvalue weighted by Gasteiger charge is -1.96. The van der Waals surface area contributed by atoms with Crippen LogP contribution in [0.25, 0.3) is 0 Å². The van der Waals surface area contributed by atoms with Gasteiger partial charge >= 0.3 is 0 Å². The van der Waals surface area contributed by atoms with Gasteiger partial charge in [-0.2, -0.15) is 0 Å². The Morgan fingerprint density at radius 1 is 1.50 bits per heavy atom. The number of nitrogens with zero attached hydrogens (tertiary/aromatic N) is 2. The zero-order valence-corrected chi connectivity index (χ0v) is 9.12. The molecular weight excluding hydrogens is 220 g/mol. The van der Waals surface area contributed by atoms with E-state index in [9.17, 15) is 0 Å². The van der Waals surface area contributed by atoms with E-state index in [1.54, 1.807) is 0 Å². The molecule has 0 spiro atoms. The van der Waals surface area contributed by atoms with Crippen LogP contribution in [0.5, 0.6) is 0 Å². The summed E-state index contributed by atoms with van der Waals surface area (Å²) in [5, 5.41) is 0. The first-order valence-corrected chi connectivity index (χ1v) is 3.91. The van der Waals surface area contributed by atoms with E-state index < -0.39 is 0 Å². The maximum atomic E-state index is 5.22. The van der Waals surface area contributed by atoms with Crippen molar-refractivity contribution in [3.8, 4) is 0 Å². The van der Waals surface area contributed by atoms with Gasteiger partial charge in [-0.3, -0.25) is 0 Å². The van der Waals surface area contributed by atoms with Crippen molar-refractivity contribution in [2.75, 3.05) is 13.2 Å². The summed E-state index contributed by atoms with van der Waals surface area (Å²) >= 11 is 0. The minimum absolute atomic E-state index is 0. The Kier molecular flexibility index (Phi) is 6.02. The van der Waals surface area contributed by atoms with Crippen molar-refractivity contribution >= 4 is 0 Å². The number of imidazole rings is 1. The maximum Gasteiger partial charge on any atom is 0.243 e. The lowest BCUT2D eigenvalue weighted by atomic mass is 10.6. The molecule has 1 aromatic heterocycles. The molecule has 0 fully saturated rings. The Morgan fingerprint density at radius 3 is 2.75 bits per heavy atom. The molecular formula is C8H15BrN2O. The van der Waals surface area contributed by atoms with E-state index in [-0.39, 0.29) is 17.0 Å². The van der Waals surface area contributed by atoms with Crippen molar-refractivity contribution in [3.05, 3.63) is 18.7 Å². The fourth-order valence-electron chi connectivity index (χ4n) is 0.948. The average Bonchev–Trinajstić information content (AvgIpc) is 2.37. The summed E-state index contributed by atoms with van der Waals surface area (Å²) in [5.74, 6) is 0. The highest BCUT2D eigenvalue weighted by Crippen LogP contribution is 1.84. The summed E-state index contributed by atoms with van der Waals surface area (Å²) in [6.07, 6.45) is 6.10. The summed E-state index contributed by atoms with van der Waals surface area (Å²) in [4.78, 5) is 0. The highest BCUT2D eigenvalue weighted by Gasteiger charge is 1.97. The van der Waals surface area contributed by atoms with Gasteiger partial charge in [-0.1, -0.05) is 0 Å². The molecule has 0 aromatic carbocycles. The van der Waals surface area contributed by atoms with Crippen molar-refractivity contribution in [1.82, 2.24) is 4.57 Å². The fraction of sp³-hybridized carbons (Fsp3) is 0.625. The quantitative estimate of drug-likeness (QED) is 0.412. The van der Waals surface area contributed by atoms with Crippen molar-refractivity contribution in [2.24, 2.45) is 7.05 Å². The van der Waals surface area contributed by atoms with Gasteiger partial charge in [0.15, 0.2) is 0 Å². The first kappa shape index (κ1) is 11.6. The third-order valence-electron chi connectivity index (χ3n) is 1.52. The number of hydrogen-bond acceptors (Lipinski definition) is 1. The minimum Gasteiger partial charge on any atom is -1.00 e. The third-order valence-corrected chi connectivity index (χ3v) is 1.52. The van der Waals surface area contributed by atoms with Crippen molar-refractivity contribution in [2.45, 2.75) is 13.5 Å². The number of hydrogen-bond donors (Lipinski definition) is 0. The molecule has 1 aromatic rings. The van der Waals surface area contributed by atoms with Crippen LogP contribution in [0.2, 0.25) is 0 Å². The number of aromatic nitrogens is 2. The van der Waals surface area contributed by atoms with Gasteiger partial charge in [-0.15, -0.1) is 0 Å². The van der Waals surface area contributed by atoms with Gasteiger partial charge in [-0.05, 0) is 6.92 Å².